The molecule has 2 heterocycles. The quantitative estimate of drug-likeness (QED) is 0.516. The van der Waals surface area contributed by atoms with Gasteiger partial charge in [-0.05, 0) is 24.6 Å². The standard InChI is InChI=1S/C20H20F2N4O5S/c1-4-7-32(29,30)26(2)15-6-5-14(21)16(17(15)22)19(27)25-11-8-12-13(20(28)31-3)10-24-18(12)23-9-11/h5-6,8-10H,4,7H2,1-3H3,(H,23,24)(H,25,27). The number of pyridine rings is 1. The second-order valence-electron chi connectivity index (χ2n) is 6.81. The van der Waals surface area contributed by atoms with E-state index >= 15 is 4.39 Å². The van der Waals surface area contributed by atoms with Gasteiger partial charge in [-0.1, -0.05) is 6.92 Å². The van der Waals surface area contributed by atoms with Gasteiger partial charge in [0.25, 0.3) is 5.91 Å². The van der Waals surface area contributed by atoms with Crippen molar-refractivity contribution >= 4 is 44.3 Å². The molecular formula is C20H20F2N4O5S. The lowest BCUT2D eigenvalue weighted by Gasteiger charge is -2.21. The minimum absolute atomic E-state index is 0.0587. The summed E-state index contributed by atoms with van der Waals surface area (Å²) < 4.78 is 59.3. The molecule has 0 saturated heterocycles. The number of hydrogen-bond acceptors (Lipinski definition) is 6. The van der Waals surface area contributed by atoms with Crippen molar-refractivity contribution in [2.75, 3.05) is 29.5 Å². The number of halogens is 2. The summed E-state index contributed by atoms with van der Waals surface area (Å²) in [6.45, 7) is 1.65. The van der Waals surface area contributed by atoms with Crippen molar-refractivity contribution in [2.24, 2.45) is 0 Å². The van der Waals surface area contributed by atoms with Crippen LogP contribution in [0.1, 0.15) is 34.1 Å². The number of H-pyrrole nitrogens is 1. The zero-order valence-electron chi connectivity index (χ0n) is 17.4. The fraction of sp³-hybridized carbons (Fsp3) is 0.250. The number of aromatic amines is 1. The van der Waals surface area contributed by atoms with Gasteiger partial charge in [-0.3, -0.25) is 9.10 Å². The largest absolute Gasteiger partial charge is 0.465 e. The number of benzene rings is 1. The molecule has 0 bridgehead atoms. The molecule has 3 aromatic rings. The Hall–Kier alpha value is -3.54. The van der Waals surface area contributed by atoms with Crippen molar-refractivity contribution in [3.05, 3.63) is 53.4 Å². The fourth-order valence-corrected chi connectivity index (χ4v) is 4.31. The van der Waals surface area contributed by atoms with Crippen LogP contribution in [0.15, 0.2) is 30.6 Å². The number of ether oxygens (including phenoxy) is 1. The normalized spacial score (nSPS) is 11.4. The zero-order chi connectivity index (χ0) is 23.6. The molecule has 0 aliphatic carbocycles. The number of sulfonamides is 1. The maximum atomic E-state index is 15.0. The van der Waals surface area contributed by atoms with E-state index in [4.69, 9.17) is 0 Å². The number of esters is 1. The van der Waals surface area contributed by atoms with Gasteiger partial charge in [0.05, 0.1) is 36.0 Å². The molecule has 2 N–H and O–H groups in total. The lowest BCUT2D eigenvalue weighted by atomic mass is 10.1. The third-order valence-electron chi connectivity index (χ3n) is 4.71. The number of fused-ring (bicyclic) bond motifs is 1. The minimum Gasteiger partial charge on any atom is -0.465 e. The van der Waals surface area contributed by atoms with Crippen molar-refractivity contribution < 1.29 is 31.5 Å². The molecule has 0 radical (unpaired) electrons. The molecule has 0 aliphatic heterocycles. The molecule has 32 heavy (non-hydrogen) atoms. The highest BCUT2D eigenvalue weighted by Gasteiger charge is 2.27. The monoisotopic (exact) mass is 466 g/mol. The minimum atomic E-state index is -3.85. The van der Waals surface area contributed by atoms with Crippen LogP contribution >= 0.6 is 0 Å². The van der Waals surface area contributed by atoms with Crippen LogP contribution in [0.2, 0.25) is 0 Å². The molecule has 0 atom stereocenters. The molecule has 0 spiro atoms. The SMILES string of the molecule is CCCS(=O)(=O)N(C)c1ccc(F)c(C(=O)Nc2cnc3[nH]cc(C(=O)OC)c3c2)c1F. The molecule has 3 rings (SSSR count). The maximum Gasteiger partial charge on any atom is 0.340 e. The number of hydrogen-bond donors (Lipinski definition) is 2. The zero-order valence-corrected chi connectivity index (χ0v) is 18.2. The highest BCUT2D eigenvalue weighted by Crippen LogP contribution is 2.27. The van der Waals surface area contributed by atoms with Gasteiger partial charge in [-0.2, -0.15) is 0 Å². The Bertz CT molecular complexity index is 1310. The van der Waals surface area contributed by atoms with Gasteiger partial charge in [0.1, 0.15) is 17.0 Å². The fourth-order valence-electron chi connectivity index (χ4n) is 3.08. The van der Waals surface area contributed by atoms with E-state index in [9.17, 15) is 22.4 Å². The molecule has 0 unspecified atom stereocenters. The Morgan fingerprint density at radius 2 is 2.00 bits per heavy atom. The summed E-state index contributed by atoms with van der Waals surface area (Å²) in [5, 5.41) is 2.65. The van der Waals surface area contributed by atoms with E-state index in [1.54, 1.807) is 6.92 Å². The molecule has 0 saturated carbocycles. The van der Waals surface area contributed by atoms with E-state index < -0.39 is 44.8 Å². The number of rotatable bonds is 7. The van der Waals surface area contributed by atoms with Crippen LogP contribution < -0.4 is 9.62 Å². The highest BCUT2D eigenvalue weighted by atomic mass is 32.2. The van der Waals surface area contributed by atoms with E-state index in [-0.39, 0.29) is 17.0 Å². The highest BCUT2D eigenvalue weighted by molar-refractivity contribution is 7.92. The smallest absolute Gasteiger partial charge is 0.340 e. The van der Waals surface area contributed by atoms with Gasteiger partial charge in [-0.15, -0.1) is 0 Å². The first-order valence-corrected chi connectivity index (χ1v) is 11.0. The number of nitrogens with one attached hydrogen (secondary N) is 2. The number of methoxy groups -OCH3 is 1. The summed E-state index contributed by atoms with van der Waals surface area (Å²) in [5.74, 6) is -4.53. The first kappa shape index (κ1) is 23.1. The first-order chi connectivity index (χ1) is 15.1. The number of carbonyl (C=O) groups is 2. The number of anilines is 2. The summed E-state index contributed by atoms with van der Waals surface area (Å²) >= 11 is 0. The molecule has 0 fully saturated rings. The summed E-state index contributed by atoms with van der Waals surface area (Å²) in [6.07, 6.45) is 2.91. The van der Waals surface area contributed by atoms with Gasteiger partial charge in [-0.25, -0.2) is 27.0 Å². The van der Waals surface area contributed by atoms with E-state index in [0.717, 1.165) is 19.2 Å². The van der Waals surface area contributed by atoms with Crippen molar-refractivity contribution in [1.29, 1.82) is 0 Å². The Morgan fingerprint density at radius 3 is 2.66 bits per heavy atom. The maximum absolute atomic E-state index is 15.0. The predicted octanol–water partition coefficient (Wildman–Crippen LogP) is 3.06. The van der Waals surface area contributed by atoms with Gasteiger partial charge < -0.3 is 15.0 Å². The summed E-state index contributed by atoms with van der Waals surface area (Å²) in [6, 6.07) is 3.15. The van der Waals surface area contributed by atoms with Crippen LogP contribution in [-0.2, 0) is 14.8 Å². The van der Waals surface area contributed by atoms with Gasteiger partial charge >= 0.3 is 5.97 Å². The van der Waals surface area contributed by atoms with E-state index in [1.807, 2.05) is 0 Å². The van der Waals surface area contributed by atoms with Gasteiger partial charge in [0.15, 0.2) is 5.82 Å². The lowest BCUT2D eigenvalue weighted by Crippen LogP contribution is -2.30. The Kier molecular flexibility index (Phi) is 6.44. The third kappa shape index (κ3) is 4.26. The number of nitrogens with zero attached hydrogens (tertiary/aromatic N) is 2. The Balaban J connectivity index is 1.97. The van der Waals surface area contributed by atoms with Crippen molar-refractivity contribution in [1.82, 2.24) is 9.97 Å². The molecule has 170 valence electrons. The van der Waals surface area contributed by atoms with Crippen molar-refractivity contribution in [3.63, 3.8) is 0 Å². The van der Waals surface area contributed by atoms with E-state index in [2.05, 4.69) is 20.0 Å². The third-order valence-corrected chi connectivity index (χ3v) is 6.67. The van der Waals surface area contributed by atoms with Gasteiger partial charge in [0.2, 0.25) is 10.0 Å². The van der Waals surface area contributed by atoms with Crippen LogP contribution in [0.25, 0.3) is 11.0 Å². The van der Waals surface area contributed by atoms with Gasteiger partial charge in [0, 0.05) is 18.6 Å². The molecule has 0 aliphatic rings. The summed E-state index contributed by atoms with van der Waals surface area (Å²) in [7, 11) is -1.52. The van der Waals surface area contributed by atoms with Crippen LogP contribution in [0, 0.1) is 11.6 Å². The Morgan fingerprint density at radius 1 is 1.28 bits per heavy atom. The molecular weight excluding hydrogens is 446 g/mol. The second-order valence-corrected chi connectivity index (χ2v) is 8.93. The van der Waals surface area contributed by atoms with Crippen molar-refractivity contribution in [3.8, 4) is 0 Å². The van der Waals surface area contributed by atoms with Crippen LogP contribution in [0.4, 0.5) is 20.2 Å². The molecule has 1 amide bonds. The lowest BCUT2D eigenvalue weighted by molar-refractivity contribution is 0.0603. The van der Waals surface area contributed by atoms with Crippen LogP contribution in [0.3, 0.4) is 0 Å². The van der Waals surface area contributed by atoms with Crippen molar-refractivity contribution in [2.45, 2.75) is 13.3 Å². The molecule has 2 aromatic heterocycles. The summed E-state index contributed by atoms with van der Waals surface area (Å²) in [5.41, 5.74) is -0.859. The average Bonchev–Trinajstić information content (AvgIpc) is 3.16. The van der Waals surface area contributed by atoms with E-state index in [1.165, 1.54) is 25.6 Å². The summed E-state index contributed by atoms with van der Waals surface area (Å²) in [4.78, 5) is 31.3. The molecule has 9 nitrogen and oxygen atoms in total. The van der Waals surface area contributed by atoms with Crippen LogP contribution in [-0.4, -0.2) is 50.2 Å². The van der Waals surface area contributed by atoms with Crippen LogP contribution in [0.5, 0.6) is 0 Å². The number of aromatic nitrogens is 2. The van der Waals surface area contributed by atoms with E-state index in [0.29, 0.717) is 21.8 Å². The average molecular weight is 466 g/mol. The predicted molar refractivity (Wildman–Crippen MR) is 114 cm³/mol. The second kappa shape index (κ2) is 8.91. The topological polar surface area (TPSA) is 121 Å². The molecule has 12 heteroatoms. The first-order valence-electron chi connectivity index (χ1n) is 9.42. The number of amides is 1. The Labute approximate surface area is 182 Å². The number of carbonyl (C=O) groups excluding carboxylic acids is 2. The molecule has 1 aromatic carbocycles.